The smallest absolute Gasteiger partial charge is 0.193 e. The normalized spacial score (nSPS) is 30.1. The molecule has 3 fully saturated rings. The molecule has 7 heteroatoms. The van der Waals surface area contributed by atoms with Gasteiger partial charge in [0.15, 0.2) is 5.96 Å². The molecule has 3 rings (SSSR count). The summed E-state index contributed by atoms with van der Waals surface area (Å²) in [6.45, 7) is 8.31. The molecule has 0 aromatic rings. The van der Waals surface area contributed by atoms with Crippen molar-refractivity contribution in [2.24, 2.45) is 16.3 Å². The first-order valence-electron chi connectivity index (χ1n) is 9.00. The van der Waals surface area contributed by atoms with E-state index in [9.17, 15) is 0 Å². The maximum atomic E-state index is 5.74. The number of rotatable bonds is 6. The molecule has 1 spiro atoms. The second-order valence-corrected chi connectivity index (χ2v) is 7.11. The quantitative estimate of drug-likeness (QED) is 0.288. The molecule has 0 aliphatic carbocycles. The lowest BCUT2D eigenvalue weighted by Gasteiger charge is -2.25. The first kappa shape index (κ1) is 20.2. The van der Waals surface area contributed by atoms with E-state index in [1.807, 2.05) is 7.05 Å². The number of aliphatic imine (C=N–C) groups is 1. The van der Waals surface area contributed by atoms with Gasteiger partial charge in [-0.2, -0.15) is 0 Å². The lowest BCUT2D eigenvalue weighted by molar-refractivity contribution is 0.0887. The predicted octanol–water partition coefficient (Wildman–Crippen LogP) is 1.74. The Morgan fingerprint density at radius 3 is 2.96 bits per heavy atom. The Bertz CT molecular complexity index is 397. The molecule has 0 radical (unpaired) electrons. The van der Waals surface area contributed by atoms with Crippen molar-refractivity contribution in [1.82, 2.24) is 10.2 Å². The summed E-state index contributed by atoms with van der Waals surface area (Å²) in [7, 11) is 1.87. The first-order valence-corrected chi connectivity index (χ1v) is 9.00. The molecule has 0 amide bonds. The highest BCUT2D eigenvalue weighted by molar-refractivity contribution is 14.0. The zero-order valence-corrected chi connectivity index (χ0v) is 17.1. The van der Waals surface area contributed by atoms with Gasteiger partial charge in [-0.05, 0) is 25.7 Å². The standard InChI is InChI=1S/C17H31N3O3.HI/c1-18-16(20-7-4-17(13-20)5-10-23-14-17)19-6-2-8-21-11-15-3-9-22-12-15;/h15H,2-14H2,1H3,(H,18,19);1H. The topological polar surface area (TPSA) is 55.3 Å². The van der Waals surface area contributed by atoms with Crippen molar-refractivity contribution < 1.29 is 14.2 Å². The van der Waals surface area contributed by atoms with Crippen molar-refractivity contribution in [3.63, 3.8) is 0 Å². The van der Waals surface area contributed by atoms with Crippen LogP contribution in [0.2, 0.25) is 0 Å². The average Bonchev–Trinajstić information content (AvgIpc) is 3.31. The van der Waals surface area contributed by atoms with E-state index in [-0.39, 0.29) is 24.0 Å². The minimum absolute atomic E-state index is 0. The van der Waals surface area contributed by atoms with Gasteiger partial charge in [-0.3, -0.25) is 4.99 Å². The van der Waals surface area contributed by atoms with Crippen LogP contribution < -0.4 is 5.32 Å². The van der Waals surface area contributed by atoms with Crippen LogP contribution in [0, 0.1) is 11.3 Å². The van der Waals surface area contributed by atoms with Gasteiger partial charge in [-0.15, -0.1) is 24.0 Å². The van der Waals surface area contributed by atoms with Gasteiger partial charge in [-0.25, -0.2) is 0 Å². The van der Waals surface area contributed by atoms with Gasteiger partial charge in [0.1, 0.15) is 0 Å². The Morgan fingerprint density at radius 2 is 2.25 bits per heavy atom. The summed E-state index contributed by atoms with van der Waals surface area (Å²) in [6, 6.07) is 0. The van der Waals surface area contributed by atoms with Gasteiger partial charge in [0.05, 0.1) is 19.8 Å². The number of ether oxygens (including phenoxy) is 3. The third-order valence-electron chi connectivity index (χ3n) is 5.26. The van der Waals surface area contributed by atoms with Gasteiger partial charge < -0.3 is 24.4 Å². The van der Waals surface area contributed by atoms with E-state index < -0.39 is 0 Å². The molecule has 24 heavy (non-hydrogen) atoms. The summed E-state index contributed by atoms with van der Waals surface area (Å²) in [5, 5.41) is 3.48. The van der Waals surface area contributed by atoms with Crippen LogP contribution in [0.1, 0.15) is 25.7 Å². The summed E-state index contributed by atoms with van der Waals surface area (Å²) in [5.74, 6) is 1.63. The Balaban J connectivity index is 0.00000208. The number of hydrogen-bond donors (Lipinski definition) is 1. The van der Waals surface area contributed by atoms with Gasteiger partial charge in [0, 0.05) is 57.8 Å². The Morgan fingerprint density at radius 1 is 1.33 bits per heavy atom. The Kier molecular flexibility index (Phi) is 8.53. The van der Waals surface area contributed by atoms with E-state index in [2.05, 4.69) is 15.2 Å². The number of nitrogens with zero attached hydrogens (tertiary/aromatic N) is 2. The van der Waals surface area contributed by atoms with Crippen molar-refractivity contribution in [3.05, 3.63) is 0 Å². The van der Waals surface area contributed by atoms with E-state index in [0.717, 1.165) is 78.1 Å². The van der Waals surface area contributed by atoms with Crippen LogP contribution in [0.4, 0.5) is 0 Å². The third kappa shape index (κ3) is 5.44. The Labute approximate surface area is 162 Å². The lowest BCUT2D eigenvalue weighted by Crippen LogP contribution is -2.42. The van der Waals surface area contributed by atoms with Gasteiger partial charge in [0.25, 0.3) is 0 Å². The van der Waals surface area contributed by atoms with Gasteiger partial charge >= 0.3 is 0 Å². The first-order chi connectivity index (χ1) is 11.3. The predicted molar refractivity (Wildman–Crippen MR) is 105 cm³/mol. The second-order valence-electron chi connectivity index (χ2n) is 7.11. The molecule has 0 aromatic heterocycles. The summed E-state index contributed by atoms with van der Waals surface area (Å²) in [4.78, 5) is 6.82. The number of hydrogen-bond acceptors (Lipinski definition) is 4. The van der Waals surface area contributed by atoms with Crippen LogP contribution in [-0.4, -0.2) is 77.2 Å². The van der Waals surface area contributed by atoms with Crippen molar-refractivity contribution in [2.45, 2.75) is 25.7 Å². The van der Waals surface area contributed by atoms with E-state index in [0.29, 0.717) is 11.3 Å². The summed E-state index contributed by atoms with van der Waals surface area (Å²) in [5.41, 5.74) is 0.379. The maximum absolute atomic E-state index is 5.74. The van der Waals surface area contributed by atoms with Crippen molar-refractivity contribution in [2.75, 3.05) is 66.3 Å². The molecule has 140 valence electrons. The monoisotopic (exact) mass is 453 g/mol. The number of nitrogens with one attached hydrogen (secondary N) is 1. The molecule has 0 aromatic carbocycles. The van der Waals surface area contributed by atoms with Crippen LogP contribution >= 0.6 is 24.0 Å². The minimum Gasteiger partial charge on any atom is -0.381 e. The molecule has 6 nitrogen and oxygen atoms in total. The largest absolute Gasteiger partial charge is 0.381 e. The molecular weight excluding hydrogens is 421 g/mol. The van der Waals surface area contributed by atoms with E-state index in [1.165, 1.54) is 12.8 Å². The van der Waals surface area contributed by atoms with E-state index in [1.54, 1.807) is 0 Å². The van der Waals surface area contributed by atoms with Gasteiger partial charge in [-0.1, -0.05) is 0 Å². The number of likely N-dealkylation sites (tertiary alicyclic amines) is 1. The molecule has 3 saturated heterocycles. The number of halogens is 1. The molecule has 0 bridgehead atoms. The fourth-order valence-electron chi connectivity index (χ4n) is 3.76. The van der Waals surface area contributed by atoms with Crippen LogP contribution in [0.15, 0.2) is 4.99 Å². The van der Waals surface area contributed by atoms with Crippen molar-refractivity contribution >= 4 is 29.9 Å². The molecule has 0 saturated carbocycles. The van der Waals surface area contributed by atoms with Gasteiger partial charge in [0.2, 0.25) is 0 Å². The van der Waals surface area contributed by atoms with Crippen LogP contribution in [-0.2, 0) is 14.2 Å². The summed E-state index contributed by atoms with van der Waals surface area (Å²) in [6.07, 6.45) is 4.57. The SMILES string of the molecule is CN=C(NCCCOCC1CCOC1)N1CCC2(CCOC2)C1.I. The fraction of sp³-hybridized carbons (Fsp3) is 0.941. The molecule has 1 N–H and O–H groups in total. The summed E-state index contributed by atoms with van der Waals surface area (Å²) < 4.78 is 16.7. The average molecular weight is 453 g/mol. The van der Waals surface area contributed by atoms with Crippen molar-refractivity contribution in [3.8, 4) is 0 Å². The number of guanidine groups is 1. The molecular formula is C17H32IN3O3. The molecule has 3 heterocycles. The molecule has 2 atom stereocenters. The Hall–Kier alpha value is -0.120. The minimum atomic E-state index is 0. The zero-order chi connectivity index (χ0) is 16.0. The van der Waals surface area contributed by atoms with Crippen LogP contribution in [0.3, 0.4) is 0 Å². The lowest BCUT2D eigenvalue weighted by atomic mass is 9.87. The van der Waals surface area contributed by atoms with E-state index in [4.69, 9.17) is 14.2 Å². The van der Waals surface area contributed by atoms with Crippen molar-refractivity contribution in [1.29, 1.82) is 0 Å². The molecule has 3 aliphatic rings. The van der Waals surface area contributed by atoms with Crippen LogP contribution in [0.5, 0.6) is 0 Å². The zero-order valence-electron chi connectivity index (χ0n) is 14.8. The fourth-order valence-corrected chi connectivity index (χ4v) is 3.76. The van der Waals surface area contributed by atoms with E-state index >= 15 is 0 Å². The molecule has 2 unspecified atom stereocenters. The molecule has 3 aliphatic heterocycles. The highest BCUT2D eigenvalue weighted by atomic mass is 127. The highest BCUT2D eigenvalue weighted by Gasteiger charge is 2.42. The maximum Gasteiger partial charge on any atom is 0.193 e. The third-order valence-corrected chi connectivity index (χ3v) is 5.26. The summed E-state index contributed by atoms with van der Waals surface area (Å²) >= 11 is 0. The second kappa shape index (κ2) is 10.1. The van der Waals surface area contributed by atoms with Crippen LogP contribution in [0.25, 0.3) is 0 Å². The highest BCUT2D eigenvalue weighted by Crippen LogP contribution is 2.38.